The molecule has 2 aliphatic heterocycles. The Hall–Kier alpha value is -1.28. The number of aliphatic hydroxyl groups is 2. The lowest BCUT2D eigenvalue weighted by molar-refractivity contribution is -0.367. The van der Waals surface area contributed by atoms with E-state index >= 15 is 0 Å². The molecule has 0 aromatic heterocycles. The normalized spacial score (nSPS) is 32.6. The van der Waals surface area contributed by atoms with Crippen molar-refractivity contribution in [1.29, 1.82) is 0 Å². The largest absolute Gasteiger partial charge is 0.387 e. The van der Waals surface area contributed by atoms with Gasteiger partial charge in [-0.1, -0.05) is 63.1 Å². The van der Waals surface area contributed by atoms with Crippen LogP contribution in [-0.4, -0.2) is 53.6 Å². The summed E-state index contributed by atoms with van der Waals surface area (Å²) in [4.78, 5) is 0. The van der Waals surface area contributed by atoms with Gasteiger partial charge in [-0.3, -0.25) is 0 Å². The number of hydrogen-bond acceptors (Lipinski definition) is 6. The van der Waals surface area contributed by atoms with Crippen LogP contribution >= 0.6 is 0 Å². The van der Waals surface area contributed by atoms with Crippen LogP contribution in [0.4, 0.5) is 0 Å². The van der Waals surface area contributed by atoms with Gasteiger partial charge >= 0.3 is 0 Å². The van der Waals surface area contributed by atoms with Gasteiger partial charge in [0.05, 0.1) is 12.7 Å². The first-order valence-corrected chi connectivity index (χ1v) is 11.1. The fourth-order valence-electron chi connectivity index (χ4n) is 4.01. The molecule has 30 heavy (non-hydrogen) atoms. The molecule has 0 radical (unpaired) electrons. The first-order chi connectivity index (χ1) is 14.5. The van der Waals surface area contributed by atoms with E-state index < -0.39 is 37.0 Å². The Morgan fingerprint density at radius 2 is 1.87 bits per heavy atom. The average molecular weight is 421 g/mol. The molecule has 3 rings (SSSR count). The van der Waals surface area contributed by atoms with Gasteiger partial charge in [-0.05, 0) is 25.2 Å². The summed E-state index contributed by atoms with van der Waals surface area (Å²) in [5.74, 6) is 0.274. The lowest BCUT2D eigenvalue weighted by Gasteiger charge is -2.47. The van der Waals surface area contributed by atoms with Gasteiger partial charge < -0.3 is 29.2 Å². The first-order valence-electron chi connectivity index (χ1n) is 11.1. The van der Waals surface area contributed by atoms with Crippen molar-refractivity contribution in [3.8, 4) is 0 Å². The number of unbranched alkanes of at least 4 members (excludes halogenated alkanes) is 3. The molecule has 2 saturated heterocycles. The van der Waals surface area contributed by atoms with Gasteiger partial charge in [-0.15, -0.1) is 6.58 Å². The highest BCUT2D eigenvalue weighted by Crippen LogP contribution is 2.35. The van der Waals surface area contributed by atoms with E-state index in [1.165, 1.54) is 0 Å². The molecule has 0 aliphatic carbocycles. The van der Waals surface area contributed by atoms with Gasteiger partial charge in [0.15, 0.2) is 12.6 Å². The minimum absolute atomic E-state index is 0.0559. The standard InChI is InChI=1S/C24H36O6/c1-4-5-6-7-11-14-18(16(2)3)28-24-21(26)20(25)22-19(29-24)15-27-23(30-22)17-12-9-8-10-13-17/h4,8-10,12-13,16,18-26H,1,5-7,11,14-15H2,2-3H3/t18-,19-,20-,21-,22-,23-,24-/m1/s1. The molecule has 7 atom stereocenters. The Labute approximate surface area is 179 Å². The number of hydrogen-bond donors (Lipinski definition) is 2. The summed E-state index contributed by atoms with van der Waals surface area (Å²) in [7, 11) is 0. The lowest BCUT2D eigenvalue weighted by Crippen LogP contribution is -2.62. The van der Waals surface area contributed by atoms with Gasteiger partial charge in [-0.2, -0.15) is 0 Å². The van der Waals surface area contributed by atoms with E-state index in [4.69, 9.17) is 18.9 Å². The van der Waals surface area contributed by atoms with Crippen molar-refractivity contribution in [2.75, 3.05) is 6.61 Å². The Morgan fingerprint density at radius 1 is 1.10 bits per heavy atom. The predicted octanol–water partition coefficient (Wildman–Crippen LogP) is 3.73. The van der Waals surface area contributed by atoms with Crippen molar-refractivity contribution in [3.63, 3.8) is 0 Å². The zero-order valence-electron chi connectivity index (χ0n) is 18.1. The molecule has 6 nitrogen and oxygen atoms in total. The highest BCUT2D eigenvalue weighted by atomic mass is 16.8. The highest BCUT2D eigenvalue weighted by molar-refractivity contribution is 5.16. The second kappa shape index (κ2) is 11.4. The van der Waals surface area contributed by atoms with Crippen LogP contribution in [0.1, 0.15) is 57.8 Å². The summed E-state index contributed by atoms with van der Waals surface area (Å²) < 4.78 is 23.9. The average Bonchev–Trinajstić information content (AvgIpc) is 2.76. The van der Waals surface area contributed by atoms with Crippen LogP contribution in [0, 0.1) is 5.92 Å². The Kier molecular flexibility index (Phi) is 8.86. The topological polar surface area (TPSA) is 77.4 Å². The minimum atomic E-state index is -1.18. The van der Waals surface area contributed by atoms with E-state index in [0.29, 0.717) is 0 Å². The molecule has 0 bridgehead atoms. The zero-order valence-corrected chi connectivity index (χ0v) is 18.1. The molecule has 2 N–H and O–H groups in total. The quantitative estimate of drug-likeness (QED) is 0.444. The molecule has 168 valence electrons. The van der Waals surface area contributed by atoms with Crippen LogP contribution in [0.15, 0.2) is 43.0 Å². The molecule has 0 saturated carbocycles. The summed E-state index contributed by atoms with van der Waals surface area (Å²) in [6, 6.07) is 9.55. The third kappa shape index (κ3) is 5.90. The number of fused-ring (bicyclic) bond motifs is 1. The third-order valence-electron chi connectivity index (χ3n) is 5.85. The maximum atomic E-state index is 10.7. The lowest BCUT2D eigenvalue weighted by atomic mass is 9.96. The van der Waals surface area contributed by atoms with Crippen LogP contribution in [0.2, 0.25) is 0 Å². The number of allylic oxidation sites excluding steroid dienone is 1. The minimum Gasteiger partial charge on any atom is -0.387 e. The molecule has 6 heteroatoms. The van der Waals surface area contributed by atoms with Crippen LogP contribution < -0.4 is 0 Å². The van der Waals surface area contributed by atoms with E-state index in [-0.39, 0.29) is 18.6 Å². The summed E-state index contributed by atoms with van der Waals surface area (Å²) in [5.41, 5.74) is 0.868. The van der Waals surface area contributed by atoms with Crippen molar-refractivity contribution in [2.24, 2.45) is 5.92 Å². The van der Waals surface area contributed by atoms with Crippen molar-refractivity contribution in [3.05, 3.63) is 48.6 Å². The van der Waals surface area contributed by atoms with Crippen molar-refractivity contribution >= 4 is 0 Å². The van der Waals surface area contributed by atoms with Crippen LogP contribution in [0.5, 0.6) is 0 Å². The predicted molar refractivity (Wildman–Crippen MR) is 114 cm³/mol. The number of aliphatic hydroxyl groups excluding tert-OH is 2. The monoisotopic (exact) mass is 420 g/mol. The van der Waals surface area contributed by atoms with Crippen molar-refractivity contribution in [1.82, 2.24) is 0 Å². The third-order valence-corrected chi connectivity index (χ3v) is 5.85. The van der Waals surface area contributed by atoms with E-state index in [1.807, 2.05) is 36.4 Å². The molecular weight excluding hydrogens is 384 g/mol. The Morgan fingerprint density at radius 3 is 2.57 bits per heavy atom. The summed E-state index contributed by atoms with van der Waals surface area (Å²) in [5, 5.41) is 21.4. The van der Waals surface area contributed by atoms with Gasteiger partial charge in [0, 0.05) is 5.56 Å². The van der Waals surface area contributed by atoms with E-state index in [9.17, 15) is 10.2 Å². The number of rotatable bonds is 10. The summed E-state index contributed by atoms with van der Waals surface area (Å²) >= 11 is 0. The fourth-order valence-corrected chi connectivity index (χ4v) is 4.01. The van der Waals surface area contributed by atoms with Crippen LogP contribution in [0.25, 0.3) is 0 Å². The SMILES string of the molecule is C=CCCCCC[C@@H](O[C@@H]1O[C@@H]2CO[C@@H](c3ccccc3)O[C@H]2[C@H](O)[C@H]1O)C(C)C. The summed E-state index contributed by atoms with van der Waals surface area (Å²) in [6.07, 6.45) is 2.13. The highest BCUT2D eigenvalue weighted by Gasteiger charge is 2.49. The first kappa shape index (κ1) is 23.4. The maximum absolute atomic E-state index is 10.7. The number of benzene rings is 1. The van der Waals surface area contributed by atoms with Crippen LogP contribution in [0.3, 0.4) is 0 Å². The van der Waals surface area contributed by atoms with Crippen molar-refractivity contribution < 1.29 is 29.2 Å². The fraction of sp³-hybridized carbons (Fsp3) is 0.667. The molecular formula is C24H36O6. The molecule has 1 aromatic carbocycles. The molecule has 2 heterocycles. The smallest absolute Gasteiger partial charge is 0.186 e. The van der Waals surface area contributed by atoms with Gasteiger partial charge in [0.25, 0.3) is 0 Å². The van der Waals surface area contributed by atoms with E-state index in [0.717, 1.165) is 37.7 Å². The summed E-state index contributed by atoms with van der Waals surface area (Å²) in [6.45, 7) is 8.22. The van der Waals surface area contributed by atoms with Gasteiger partial charge in [-0.25, -0.2) is 0 Å². The molecule has 2 aliphatic rings. The molecule has 1 aromatic rings. The number of ether oxygens (including phenoxy) is 4. The molecule has 0 amide bonds. The molecule has 2 fully saturated rings. The molecule has 0 unspecified atom stereocenters. The van der Waals surface area contributed by atoms with E-state index in [2.05, 4.69) is 20.4 Å². The van der Waals surface area contributed by atoms with Crippen molar-refractivity contribution in [2.45, 2.75) is 89.1 Å². The maximum Gasteiger partial charge on any atom is 0.186 e. The Balaban J connectivity index is 1.56. The Bertz CT molecular complexity index is 634. The van der Waals surface area contributed by atoms with E-state index in [1.54, 1.807) is 0 Å². The zero-order chi connectivity index (χ0) is 21.5. The second-order valence-corrected chi connectivity index (χ2v) is 8.55. The van der Waals surface area contributed by atoms with Gasteiger partial charge in [0.1, 0.15) is 24.4 Å². The van der Waals surface area contributed by atoms with Gasteiger partial charge in [0.2, 0.25) is 0 Å². The second-order valence-electron chi connectivity index (χ2n) is 8.55. The van der Waals surface area contributed by atoms with Crippen LogP contribution in [-0.2, 0) is 18.9 Å². The molecule has 0 spiro atoms.